The quantitative estimate of drug-likeness (QED) is 0.630. The highest BCUT2D eigenvalue weighted by Crippen LogP contribution is 2.42. The molecule has 0 unspecified atom stereocenters. The second kappa shape index (κ2) is 4.98. The predicted octanol–water partition coefficient (Wildman–Crippen LogP) is 2.89. The van der Waals surface area contributed by atoms with Crippen LogP contribution in [0.15, 0.2) is 42.0 Å². The molecule has 1 heterocycles. The summed E-state index contributed by atoms with van der Waals surface area (Å²) < 4.78 is 16.0. The molecule has 0 atom stereocenters. The lowest BCUT2D eigenvalue weighted by molar-refractivity contribution is 0.0990. The monoisotopic (exact) mass is 308 g/mol. The third kappa shape index (κ3) is 2.01. The molecule has 0 N–H and O–H groups in total. The smallest absolute Gasteiger partial charge is 0.231 e. The van der Waals surface area contributed by atoms with Gasteiger partial charge >= 0.3 is 0 Å². The standard InChI is InChI=1S/C18H12O5/c1-21-14-7-10(8-15-18(14)23-9-22-15)6-13-16(19)11-4-2-3-5-12(11)17(13)20/h2-8H,9H2,1H3. The first-order valence-electron chi connectivity index (χ1n) is 7.07. The maximum atomic E-state index is 12.4. The number of ketones is 2. The summed E-state index contributed by atoms with van der Waals surface area (Å²) in [6.07, 6.45) is 1.56. The van der Waals surface area contributed by atoms with Gasteiger partial charge < -0.3 is 14.2 Å². The second-order valence-electron chi connectivity index (χ2n) is 5.22. The number of hydrogen-bond donors (Lipinski definition) is 0. The minimum Gasteiger partial charge on any atom is -0.493 e. The van der Waals surface area contributed by atoms with Crippen LogP contribution in [-0.4, -0.2) is 25.5 Å². The summed E-state index contributed by atoms with van der Waals surface area (Å²) in [6.45, 7) is 0.120. The number of Topliss-reactive ketones (excluding diaryl/α,β-unsaturated/α-hetero) is 2. The van der Waals surface area contributed by atoms with Crippen LogP contribution in [0.3, 0.4) is 0 Å². The number of rotatable bonds is 2. The average molecular weight is 308 g/mol. The Hall–Kier alpha value is -3.08. The number of ether oxygens (including phenoxy) is 3. The molecule has 23 heavy (non-hydrogen) atoms. The summed E-state index contributed by atoms with van der Waals surface area (Å²) in [6, 6.07) is 10.3. The molecule has 114 valence electrons. The number of carbonyl (C=O) groups is 2. The third-order valence-corrected chi connectivity index (χ3v) is 3.90. The highest BCUT2D eigenvalue weighted by Gasteiger charge is 2.32. The van der Waals surface area contributed by atoms with Crippen molar-refractivity contribution in [3.05, 3.63) is 58.7 Å². The zero-order valence-electron chi connectivity index (χ0n) is 12.3. The van der Waals surface area contributed by atoms with E-state index in [0.717, 1.165) is 0 Å². The molecule has 0 radical (unpaired) electrons. The van der Waals surface area contributed by atoms with Crippen LogP contribution in [0.25, 0.3) is 6.08 Å². The number of carbonyl (C=O) groups excluding carboxylic acids is 2. The van der Waals surface area contributed by atoms with Crippen LogP contribution in [0, 0.1) is 0 Å². The Morgan fingerprint density at radius 2 is 1.74 bits per heavy atom. The lowest BCUT2D eigenvalue weighted by atomic mass is 10.1. The van der Waals surface area contributed by atoms with E-state index in [-0.39, 0.29) is 23.9 Å². The summed E-state index contributed by atoms with van der Waals surface area (Å²) in [5.41, 5.74) is 1.68. The molecule has 1 aliphatic carbocycles. The zero-order valence-corrected chi connectivity index (χ0v) is 12.3. The minimum absolute atomic E-state index is 0.120. The van der Waals surface area contributed by atoms with Gasteiger partial charge in [0.1, 0.15) is 0 Å². The Morgan fingerprint density at radius 1 is 1.04 bits per heavy atom. The van der Waals surface area contributed by atoms with Crippen molar-refractivity contribution in [2.75, 3.05) is 13.9 Å². The SMILES string of the molecule is COc1cc(C=C2C(=O)c3ccccc3C2=O)cc2c1OCO2. The largest absolute Gasteiger partial charge is 0.493 e. The summed E-state index contributed by atoms with van der Waals surface area (Å²) in [5, 5.41) is 0. The van der Waals surface area contributed by atoms with E-state index in [0.29, 0.717) is 33.9 Å². The summed E-state index contributed by atoms with van der Waals surface area (Å²) in [4.78, 5) is 24.8. The molecule has 5 nitrogen and oxygen atoms in total. The van der Waals surface area contributed by atoms with Crippen molar-refractivity contribution in [1.82, 2.24) is 0 Å². The van der Waals surface area contributed by atoms with Gasteiger partial charge in [-0.15, -0.1) is 0 Å². The van der Waals surface area contributed by atoms with Gasteiger partial charge in [-0.3, -0.25) is 9.59 Å². The van der Waals surface area contributed by atoms with E-state index in [4.69, 9.17) is 14.2 Å². The Balaban J connectivity index is 1.81. The molecular formula is C18H12O5. The van der Waals surface area contributed by atoms with Crippen molar-refractivity contribution >= 4 is 17.6 Å². The zero-order chi connectivity index (χ0) is 16.0. The molecule has 0 saturated heterocycles. The van der Waals surface area contributed by atoms with Gasteiger partial charge in [0.25, 0.3) is 0 Å². The molecular weight excluding hydrogens is 296 g/mol. The van der Waals surface area contributed by atoms with Crippen LogP contribution >= 0.6 is 0 Å². The van der Waals surface area contributed by atoms with Crippen molar-refractivity contribution in [2.24, 2.45) is 0 Å². The molecule has 0 aromatic heterocycles. The number of hydrogen-bond acceptors (Lipinski definition) is 5. The first kappa shape index (κ1) is 13.6. The van der Waals surface area contributed by atoms with Gasteiger partial charge in [-0.05, 0) is 23.8 Å². The van der Waals surface area contributed by atoms with E-state index < -0.39 is 0 Å². The van der Waals surface area contributed by atoms with E-state index in [9.17, 15) is 9.59 Å². The van der Waals surface area contributed by atoms with Gasteiger partial charge in [-0.25, -0.2) is 0 Å². The molecule has 4 rings (SSSR count). The van der Waals surface area contributed by atoms with Crippen molar-refractivity contribution in [2.45, 2.75) is 0 Å². The fourth-order valence-corrected chi connectivity index (χ4v) is 2.80. The lowest BCUT2D eigenvalue weighted by Crippen LogP contribution is -2.00. The van der Waals surface area contributed by atoms with E-state index in [1.165, 1.54) is 7.11 Å². The molecule has 0 fully saturated rings. The van der Waals surface area contributed by atoms with Gasteiger partial charge in [0, 0.05) is 11.1 Å². The van der Waals surface area contributed by atoms with E-state index >= 15 is 0 Å². The molecule has 0 spiro atoms. The van der Waals surface area contributed by atoms with Crippen molar-refractivity contribution in [3.8, 4) is 17.2 Å². The maximum absolute atomic E-state index is 12.4. The Bertz CT molecular complexity index is 842. The predicted molar refractivity (Wildman–Crippen MR) is 82.2 cm³/mol. The molecule has 2 aromatic carbocycles. The highest BCUT2D eigenvalue weighted by molar-refractivity contribution is 6.41. The highest BCUT2D eigenvalue weighted by atomic mass is 16.7. The van der Waals surface area contributed by atoms with Gasteiger partial charge in [-0.2, -0.15) is 0 Å². The number of benzene rings is 2. The van der Waals surface area contributed by atoms with Crippen LogP contribution in [0.1, 0.15) is 26.3 Å². The number of fused-ring (bicyclic) bond motifs is 2. The van der Waals surface area contributed by atoms with Crippen molar-refractivity contribution in [1.29, 1.82) is 0 Å². The molecule has 5 heteroatoms. The summed E-state index contributed by atoms with van der Waals surface area (Å²) in [7, 11) is 1.52. The number of allylic oxidation sites excluding steroid dienone is 1. The Morgan fingerprint density at radius 3 is 2.39 bits per heavy atom. The number of methoxy groups -OCH3 is 1. The van der Waals surface area contributed by atoms with Crippen LogP contribution < -0.4 is 14.2 Å². The molecule has 0 bridgehead atoms. The van der Waals surface area contributed by atoms with Crippen LogP contribution in [-0.2, 0) is 0 Å². The van der Waals surface area contributed by atoms with Gasteiger partial charge in [0.2, 0.25) is 12.5 Å². The normalized spacial score (nSPS) is 14.9. The topological polar surface area (TPSA) is 61.8 Å². The van der Waals surface area contributed by atoms with Gasteiger partial charge in [-0.1, -0.05) is 24.3 Å². The maximum Gasteiger partial charge on any atom is 0.231 e. The van der Waals surface area contributed by atoms with E-state index in [1.54, 1.807) is 42.5 Å². The third-order valence-electron chi connectivity index (χ3n) is 3.90. The fourth-order valence-electron chi connectivity index (χ4n) is 2.80. The Kier molecular flexibility index (Phi) is 2.94. The first-order chi connectivity index (χ1) is 11.2. The van der Waals surface area contributed by atoms with Crippen molar-refractivity contribution in [3.63, 3.8) is 0 Å². The van der Waals surface area contributed by atoms with Crippen LogP contribution in [0.2, 0.25) is 0 Å². The molecule has 0 amide bonds. The summed E-state index contributed by atoms with van der Waals surface area (Å²) >= 11 is 0. The molecule has 0 saturated carbocycles. The van der Waals surface area contributed by atoms with E-state index in [2.05, 4.69) is 0 Å². The average Bonchev–Trinajstić information content (AvgIpc) is 3.14. The lowest BCUT2D eigenvalue weighted by Gasteiger charge is -2.06. The van der Waals surface area contributed by atoms with Crippen LogP contribution in [0.5, 0.6) is 17.2 Å². The first-order valence-corrected chi connectivity index (χ1v) is 7.07. The summed E-state index contributed by atoms with van der Waals surface area (Å²) in [5.74, 6) is 1.04. The van der Waals surface area contributed by atoms with E-state index in [1.807, 2.05) is 0 Å². The van der Waals surface area contributed by atoms with Gasteiger partial charge in [0.05, 0.1) is 12.7 Å². The Labute approximate surface area is 132 Å². The molecule has 2 aliphatic rings. The van der Waals surface area contributed by atoms with Crippen molar-refractivity contribution < 1.29 is 23.8 Å². The second-order valence-corrected chi connectivity index (χ2v) is 5.22. The molecule has 1 aliphatic heterocycles. The van der Waals surface area contributed by atoms with Gasteiger partial charge in [0.15, 0.2) is 23.1 Å². The fraction of sp³-hybridized carbons (Fsp3) is 0.111. The molecule has 2 aromatic rings. The minimum atomic E-state index is -0.262. The van der Waals surface area contributed by atoms with Crippen LogP contribution in [0.4, 0.5) is 0 Å².